The van der Waals surface area contributed by atoms with E-state index in [2.05, 4.69) is 15.0 Å². The zero-order valence-electron chi connectivity index (χ0n) is 17.4. The van der Waals surface area contributed by atoms with E-state index in [1.54, 1.807) is 48.7 Å². The minimum Gasteiger partial charge on any atom is -0.348 e. The number of hydrogen-bond acceptors (Lipinski definition) is 4. The van der Waals surface area contributed by atoms with Crippen molar-refractivity contribution in [3.63, 3.8) is 0 Å². The first-order valence-electron chi connectivity index (χ1n) is 9.99. The summed E-state index contributed by atoms with van der Waals surface area (Å²) in [6, 6.07) is 22.3. The molecule has 0 saturated carbocycles. The highest BCUT2D eigenvalue weighted by atomic mass is 32.2. The molecule has 0 spiro atoms. The largest absolute Gasteiger partial charge is 0.348 e. The topological polar surface area (TPSA) is 93.1 Å². The fraction of sp³-hybridized carbons (Fsp3) is 0.0833. The molecule has 4 rings (SSSR count). The first-order chi connectivity index (χ1) is 15.5. The van der Waals surface area contributed by atoms with E-state index in [0.717, 1.165) is 17.1 Å². The summed E-state index contributed by atoms with van der Waals surface area (Å²) >= 11 is 0. The van der Waals surface area contributed by atoms with Crippen molar-refractivity contribution in [3.8, 4) is 5.69 Å². The van der Waals surface area contributed by atoms with Crippen LogP contribution in [0.3, 0.4) is 0 Å². The van der Waals surface area contributed by atoms with Crippen LogP contribution >= 0.6 is 0 Å². The molecule has 1 amide bonds. The maximum atomic E-state index is 13.0. The predicted molar refractivity (Wildman–Crippen MR) is 123 cm³/mol. The highest BCUT2D eigenvalue weighted by Crippen LogP contribution is 2.21. The highest BCUT2D eigenvalue weighted by Gasteiger charge is 2.18. The summed E-state index contributed by atoms with van der Waals surface area (Å²) in [5.74, 6) is 0.456. The number of aromatic nitrogens is 2. The number of imidazole rings is 1. The van der Waals surface area contributed by atoms with Crippen molar-refractivity contribution in [3.05, 3.63) is 108 Å². The maximum absolute atomic E-state index is 13.0. The number of benzene rings is 3. The van der Waals surface area contributed by atoms with E-state index < -0.39 is 10.0 Å². The Morgan fingerprint density at radius 1 is 0.938 bits per heavy atom. The maximum Gasteiger partial charge on any atom is 0.261 e. The zero-order valence-corrected chi connectivity index (χ0v) is 18.2. The summed E-state index contributed by atoms with van der Waals surface area (Å²) in [5, 5.41) is 2.90. The molecule has 0 aliphatic carbocycles. The van der Waals surface area contributed by atoms with Gasteiger partial charge in [-0.1, -0.05) is 48.5 Å². The molecule has 0 fully saturated rings. The van der Waals surface area contributed by atoms with Crippen molar-refractivity contribution in [2.45, 2.75) is 18.4 Å². The molecule has 4 aromatic rings. The molecule has 162 valence electrons. The van der Waals surface area contributed by atoms with Gasteiger partial charge in [0.25, 0.3) is 15.9 Å². The highest BCUT2D eigenvalue weighted by molar-refractivity contribution is 7.92. The van der Waals surface area contributed by atoms with Crippen molar-refractivity contribution >= 4 is 21.6 Å². The fourth-order valence-corrected chi connectivity index (χ4v) is 4.47. The summed E-state index contributed by atoms with van der Waals surface area (Å²) in [6.07, 6.45) is 3.59. The minimum absolute atomic E-state index is 0.125. The number of sulfonamides is 1. The summed E-state index contributed by atoms with van der Waals surface area (Å²) in [5.41, 5.74) is 2.28. The standard InChI is InChI=1S/C24H22N4O3S/c1-18-25-15-16-28(18)23-14-8-5-9-19(23)17-26-24(29)21-12-6-7-13-22(21)27-32(30,31)20-10-3-2-4-11-20/h2-16,27H,17H2,1H3,(H,26,29). The van der Waals surface area contributed by atoms with E-state index in [-0.39, 0.29) is 28.6 Å². The summed E-state index contributed by atoms with van der Waals surface area (Å²) in [7, 11) is -3.82. The molecule has 0 unspecified atom stereocenters. The first-order valence-corrected chi connectivity index (χ1v) is 11.5. The lowest BCUT2D eigenvalue weighted by Gasteiger charge is -2.15. The molecular formula is C24H22N4O3S. The number of nitrogens with zero attached hydrogens (tertiary/aromatic N) is 2. The van der Waals surface area contributed by atoms with Crippen molar-refractivity contribution in [1.29, 1.82) is 0 Å². The van der Waals surface area contributed by atoms with Gasteiger partial charge in [-0.25, -0.2) is 13.4 Å². The van der Waals surface area contributed by atoms with Gasteiger partial charge in [-0.3, -0.25) is 9.52 Å². The number of rotatable bonds is 7. The van der Waals surface area contributed by atoms with Crippen molar-refractivity contribution < 1.29 is 13.2 Å². The van der Waals surface area contributed by atoms with Crippen LogP contribution in [0, 0.1) is 6.92 Å². The third-order valence-electron chi connectivity index (χ3n) is 4.99. The van der Waals surface area contributed by atoms with Gasteiger partial charge in [0.15, 0.2) is 0 Å². The van der Waals surface area contributed by atoms with Gasteiger partial charge >= 0.3 is 0 Å². The van der Waals surface area contributed by atoms with E-state index >= 15 is 0 Å². The Bertz CT molecular complexity index is 1350. The Labute approximate surface area is 186 Å². The van der Waals surface area contributed by atoms with Crippen LogP contribution in [0.25, 0.3) is 5.69 Å². The van der Waals surface area contributed by atoms with Crippen LogP contribution in [0.2, 0.25) is 0 Å². The van der Waals surface area contributed by atoms with E-state index in [4.69, 9.17) is 0 Å². The van der Waals surface area contributed by atoms with Crippen LogP contribution in [0.5, 0.6) is 0 Å². The number of para-hydroxylation sites is 2. The molecule has 3 aromatic carbocycles. The summed E-state index contributed by atoms with van der Waals surface area (Å²) < 4.78 is 29.9. The molecule has 0 bridgehead atoms. The van der Waals surface area contributed by atoms with Gasteiger partial charge in [-0.2, -0.15) is 0 Å². The first kappa shape index (κ1) is 21.3. The zero-order chi connectivity index (χ0) is 22.6. The number of carbonyl (C=O) groups excluding carboxylic acids is 1. The Morgan fingerprint density at radius 3 is 2.38 bits per heavy atom. The minimum atomic E-state index is -3.82. The van der Waals surface area contributed by atoms with Gasteiger partial charge in [-0.05, 0) is 42.8 Å². The quantitative estimate of drug-likeness (QED) is 0.450. The number of hydrogen-bond donors (Lipinski definition) is 2. The van der Waals surface area contributed by atoms with Crippen molar-refractivity contribution in [2.75, 3.05) is 4.72 Å². The van der Waals surface area contributed by atoms with E-state index in [1.807, 2.05) is 42.0 Å². The number of nitrogens with one attached hydrogen (secondary N) is 2. The Morgan fingerprint density at radius 2 is 1.62 bits per heavy atom. The molecular weight excluding hydrogens is 424 g/mol. The molecule has 7 nitrogen and oxygen atoms in total. The SMILES string of the molecule is Cc1nccn1-c1ccccc1CNC(=O)c1ccccc1NS(=O)(=O)c1ccccc1. The van der Waals surface area contributed by atoms with Crippen LogP contribution in [0.1, 0.15) is 21.7 Å². The molecule has 0 aliphatic heterocycles. The van der Waals surface area contributed by atoms with Crippen molar-refractivity contribution in [2.24, 2.45) is 0 Å². The average Bonchev–Trinajstić information content (AvgIpc) is 3.24. The number of anilines is 1. The van der Waals surface area contributed by atoms with Gasteiger partial charge in [0.1, 0.15) is 5.82 Å². The van der Waals surface area contributed by atoms with Gasteiger partial charge in [-0.15, -0.1) is 0 Å². The molecule has 2 N–H and O–H groups in total. The third-order valence-corrected chi connectivity index (χ3v) is 6.37. The van der Waals surface area contributed by atoms with Crippen LogP contribution in [-0.2, 0) is 16.6 Å². The van der Waals surface area contributed by atoms with Gasteiger partial charge < -0.3 is 9.88 Å². The van der Waals surface area contributed by atoms with Crippen LogP contribution in [0.4, 0.5) is 5.69 Å². The van der Waals surface area contributed by atoms with Crippen LogP contribution in [0.15, 0.2) is 96.2 Å². The fourth-order valence-electron chi connectivity index (χ4n) is 3.37. The lowest BCUT2D eigenvalue weighted by atomic mass is 10.1. The van der Waals surface area contributed by atoms with Crippen molar-refractivity contribution in [1.82, 2.24) is 14.9 Å². The lowest BCUT2D eigenvalue weighted by Crippen LogP contribution is -2.25. The van der Waals surface area contributed by atoms with Gasteiger partial charge in [0.2, 0.25) is 0 Å². The lowest BCUT2D eigenvalue weighted by molar-refractivity contribution is 0.0952. The van der Waals surface area contributed by atoms with Crippen LogP contribution < -0.4 is 10.0 Å². The molecule has 0 aliphatic rings. The molecule has 0 atom stereocenters. The molecule has 1 heterocycles. The smallest absolute Gasteiger partial charge is 0.261 e. The van der Waals surface area contributed by atoms with Gasteiger partial charge in [0, 0.05) is 18.9 Å². The second-order valence-corrected chi connectivity index (χ2v) is 8.80. The predicted octanol–water partition coefficient (Wildman–Crippen LogP) is 3.91. The Hall–Kier alpha value is -3.91. The number of aryl methyl sites for hydroxylation is 1. The van der Waals surface area contributed by atoms with Gasteiger partial charge in [0.05, 0.1) is 21.8 Å². The molecule has 8 heteroatoms. The normalized spacial score (nSPS) is 11.2. The molecule has 0 saturated heterocycles. The summed E-state index contributed by atoms with van der Waals surface area (Å²) in [4.78, 5) is 17.3. The second kappa shape index (κ2) is 9.07. The monoisotopic (exact) mass is 446 g/mol. The van der Waals surface area contributed by atoms with Crippen LogP contribution in [-0.4, -0.2) is 23.9 Å². The van der Waals surface area contributed by atoms with E-state index in [0.29, 0.717) is 0 Å². The number of carbonyl (C=O) groups is 1. The van der Waals surface area contributed by atoms with E-state index in [9.17, 15) is 13.2 Å². The van der Waals surface area contributed by atoms with E-state index in [1.165, 1.54) is 12.1 Å². The molecule has 1 aromatic heterocycles. The second-order valence-electron chi connectivity index (χ2n) is 7.12. The summed E-state index contributed by atoms with van der Waals surface area (Å²) in [6.45, 7) is 2.18. The molecule has 32 heavy (non-hydrogen) atoms. The number of amides is 1. The Kier molecular flexibility index (Phi) is 6.04. The average molecular weight is 447 g/mol. The Balaban J connectivity index is 1.55. The molecule has 0 radical (unpaired) electrons. The third kappa shape index (κ3) is 4.55.